The molecule has 0 radical (unpaired) electrons. The lowest BCUT2D eigenvalue weighted by atomic mass is 9.83. The van der Waals surface area contributed by atoms with Crippen molar-refractivity contribution >= 4 is 28.6 Å². The molecule has 206 valence electrons. The molecule has 0 amide bonds. The average Bonchev–Trinajstić information content (AvgIpc) is 3.53. The van der Waals surface area contributed by atoms with Crippen LogP contribution in [0, 0.1) is 11.8 Å². The molecular formula is C28H34ClN7O3. The van der Waals surface area contributed by atoms with Crippen molar-refractivity contribution in [3.63, 3.8) is 0 Å². The first-order valence-corrected chi connectivity index (χ1v) is 14.2. The van der Waals surface area contributed by atoms with E-state index in [2.05, 4.69) is 38.4 Å². The van der Waals surface area contributed by atoms with Crippen molar-refractivity contribution in [3.05, 3.63) is 40.1 Å². The number of aromatic nitrogens is 6. The summed E-state index contributed by atoms with van der Waals surface area (Å²) in [7, 11) is 1.79. The smallest absolute Gasteiger partial charge is 0.381 e. The molecule has 11 heteroatoms. The third kappa shape index (κ3) is 5.19. The van der Waals surface area contributed by atoms with Gasteiger partial charge in [0.2, 0.25) is 11.8 Å². The predicted octanol–water partition coefficient (Wildman–Crippen LogP) is 5.32. The third-order valence-corrected chi connectivity index (χ3v) is 8.57. The number of methoxy groups -OCH3 is 1. The lowest BCUT2D eigenvalue weighted by Crippen LogP contribution is -2.44. The largest absolute Gasteiger partial charge is 0.439 e. The lowest BCUT2D eigenvalue weighted by molar-refractivity contribution is 0.0716. The Morgan fingerprint density at radius 2 is 1.95 bits per heavy atom. The van der Waals surface area contributed by atoms with Gasteiger partial charge in [0.15, 0.2) is 0 Å². The normalized spacial score (nSPS) is 23.9. The van der Waals surface area contributed by atoms with Crippen molar-refractivity contribution < 1.29 is 9.26 Å². The van der Waals surface area contributed by atoms with Gasteiger partial charge in [-0.05, 0) is 56.6 Å². The Morgan fingerprint density at radius 3 is 2.64 bits per heavy atom. The van der Waals surface area contributed by atoms with E-state index >= 15 is 0 Å². The summed E-state index contributed by atoms with van der Waals surface area (Å²) in [5, 5.41) is 4.41. The Morgan fingerprint density at radius 1 is 1.13 bits per heavy atom. The van der Waals surface area contributed by atoms with Gasteiger partial charge >= 0.3 is 5.76 Å². The second-order valence-corrected chi connectivity index (χ2v) is 11.6. The van der Waals surface area contributed by atoms with Gasteiger partial charge in [0, 0.05) is 44.2 Å². The summed E-state index contributed by atoms with van der Waals surface area (Å²) in [6.07, 6.45) is 10.4. The van der Waals surface area contributed by atoms with Gasteiger partial charge in [-0.15, -0.1) is 0 Å². The van der Waals surface area contributed by atoms with Gasteiger partial charge in [-0.2, -0.15) is 0 Å². The number of hydrogen-bond acceptors (Lipinski definition) is 8. The number of hydrogen-bond donors (Lipinski definition) is 1. The Balaban J connectivity index is 1.55. The molecule has 10 nitrogen and oxygen atoms in total. The molecule has 0 aromatic carbocycles. The second kappa shape index (κ2) is 10.7. The highest BCUT2D eigenvalue weighted by atomic mass is 35.5. The molecule has 1 saturated carbocycles. The zero-order chi connectivity index (χ0) is 27.1. The minimum atomic E-state index is -0.634. The number of pyridine rings is 2. The number of fused-ring (bicyclic) bond motifs is 1. The maximum absolute atomic E-state index is 11.7. The van der Waals surface area contributed by atoms with Crippen molar-refractivity contribution in [2.75, 3.05) is 18.6 Å². The number of rotatable bonds is 6. The number of anilines is 1. The van der Waals surface area contributed by atoms with Crippen LogP contribution in [0.5, 0.6) is 0 Å². The molecule has 0 bridgehead atoms. The van der Waals surface area contributed by atoms with E-state index in [0.717, 1.165) is 54.4 Å². The maximum atomic E-state index is 11.7. The van der Waals surface area contributed by atoms with E-state index < -0.39 is 5.76 Å². The van der Waals surface area contributed by atoms with Gasteiger partial charge in [-0.3, -0.25) is 14.5 Å². The first-order chi connectivity index (χ1) is 18.9. The number of nitrogens with zero attached hydrogens (tertiary/aromatic N) is 6. The molecule has 1 aliphatic carbocycles. The van der Waals surface area contributed by atoms with E-state index in [1.165, 1.54) is 25.7 Å². The van der Waals surface area contributed by atoms with Crippen LogP contribution in [0.25, 0.3) is 33.8 Å². The van der Waals surface area contributed by atoms with Crippen LogP contribution in [0.3, 0.4) is 0 Å². The molecule has 2 fully saturated rings. The molecule has 0 unspecified atom stereocenters. The highest BCUT2D eigenvalue weighted by Gasteiger charge is 2.31. The van der Waals surface area contributed by atoms with Gasteiger partial charge in [0.25, 0.3) is 0 Å². The SMILES string of the molecule is CO[C@H]1CCN(c2nc3cc(-c4noc(=O)[nH]4)nc(-c4cncc(Cl)c4)c3n2C[C@H]2CC[C@H](C)CC2)[C@@H](C)C1. The monoisotopic (exact) mass is 551 g/mol. The minimum Gasteiger partial charge on any atom is -0.381 e. The summed E-state index contributed by atoms with van der Waals surface area (Å²) < 4.78 is 12.8. The van der Waals surface area contributed by atoms with E-state index in [4.69, 9.17) is 30.8 Å². The van der Waals surface area contributed by atoms with E-state index in [0.29, 0.717) is 22.3 Å². The average molecular weight is 552 g/mol. The maximum Gasteiger partial charge on any atom is 0.439 e. The summed E-state index contributed by atoms with van der Waals surface area (Å²) in [6.45, 7) is 6.30. The van der Waals surface area contributed by atoms with Crippen LogP contribution in [0.2, 0.25) is 5.02 Å². The fourth-order valence-electron chi connectivity index (χ4n) is 6.15. The van der Waals surface area contributed by atoms with E-state index in [1.54, 1.807) is 19.5 Å². The van der Waals surface area contributed by atoms with Crippen LogP contribution in [-0.2, 0) is 11.3 Å². The number of imidazole rings is 1. The zero-order valence-electron chi connectivity index (χ0n) is 22.6. The lowest BCUT2D eigenvalue weighted by Gasteiger charge is -2.38. The summed E-state index contributed by atoms with van der Waals surface area (Å²) in [5.74, 6) is 1.89. The van der Waals surface area contributed by atoms with Crippen LogP contribution < -0.4 is 10.7 Å². The van der Waals surface area contributed by atoms with Gasteiger partial charge < -0.3 is 14.2 Å². The molecule has 5 heterocycles. The standard InChI is InChI=1S/C28H34ClN7O3/c1-16-4-6-18(7-5-16)15-36-25-22(32-27(36)35-9-8-21(38-3)10-17(35)2)12-23(26-33-28(37)39-34-26)31-24(25)19-11-20(29)14-30-13-19/h11-14,16-18,21H,4-10,15H2,1-3H3,(H,33,34,37)/t16-,17-,18-,21-/m0/s1. The fraction of sp³-hybridized carbons (Fsp3) is 0.536. The minimum absolute atomic E-state index is 0.249. The fourth-order valence-corrected chi connectivity index (χ4v) is 6.32. The molecular weight excluding hydrogens is 518 g/mol. The van der Waals surface area contributed by atoms with Crippen molar-refractivity contribution in [1.29, 1.82) is 0 Å². The van der Waals surface area contributed by atoms with Gasteiger partial charge in [0.1, 0.15) is 5.69 Å². The summed E-state index contributed by atoms with van der Waals surface area (Å²) in [4.78, 5) is 31.3. The number of halogens is 1. The van der Waals surface area contributed by atoms with Crippen molar-refractivity contribution in [2.24, 2.45) is 11.8 Å². The molecule has 1 N–H and O–H groups in total. The number of aromatic amines is 1. The topological polar surface area (TPSA) is 115 Å². The Bertz CT molecular complexity index is 1520. The zero-order valence-corrected chi connectivity index (χ0v) is 23.3. The number of H-pyrrole nitrogens is 1. The molecule has 4 aromatic rings. The first kappa shape index (κ1) is 26.0. The molecule has 2 aliphatic rings. The van der Waals surface area contributed by atoms with Crippen molar-refractivity contribution in [3.8, 4) is 22.8 Å². The number of ether oxygens (including phenoxy) is 1. The molecule has 4 aromatic heterocycles. The van der Waals surface area contributed by atoms with Crippen LogP contribution in [0.1, 0.15) is 52.4 Å². The van der Waals surface area contributed by atoms with Crippen LogP contribution in [-0.4, -0.2) is 55.5 Å². The van der Waals surface area contributed by atoms with E-state index in [1.807, 2.05) is 12.1 Å². The summed E-state index contributed by atoms with van der Waals surface area (Å²) >= 11 is 6.38. The predicted molar refractivity (Wildman–Crippen MR) is 150 cm³/mol. The van der Waals surface area contributed by atoms with Crippen molar-refractivity contribution in [2.45, 2.75) is 71.1 Å². The first-order valence-electron chi connectivity index (χ1n) is 13.8. The Kier molecular flexibility index (Phi) is 7.16. The van der Waals surface area contributed by atoms with E-state index in [-0.39, 0.29) is 18.0 Å². The van der Waals surface area contributed by atoms with E-state index in [9.17, 15) is 4.79 Å². The van der Waals surface area contributed by atoms with Crippen LogP contribution in [0.15, 0.2) is 33.8 Å². The van der Waals surface area contributed by atoms with Gasteiger partial charge in [-0.25, -0.2) is 14.8 Å². The molecule has 0 spiro atoms. The summed E-state index contributed by atoms with van der Waals surface area (Å²) in [6, 6.07) is 4.00. The third-order valence-electron chi connectivity index (χ3n) is 8.36. The number of piperidine rings is 1. The van der Waals surface area contributed by atoms with Gasteiger partial charge in [0.05, 0.1) is 27.9 Å². The molecule has 1 aliphatic heterocycles. The molecule has 2 atom stereocenters. The Hall–Kier alpha value is -3.24. The number of nitrogens with one attached hydrogen (secondary N) is 1. The van der Waals surface area contributed by atoms with Crippen LogP contribution >= 0.6 is 11.6 Å². The second-order valence-electron chi connectivity index (χ2n) is 11.1. The molecule has 6 rings (SSSR count). The van der Waals surface area contributed by atoms with Gasteiger partial charge in [-0.1, -0.05) is 36.5 Å². The highest BCUT2D eigenvalue weighted by Crippen LogP contribution is 2.38. The molecule has 1 saturated heterocycles. The molecule has 39 heavy (non-hydrogen) atoms. The Labute approximate surface area is 231 Å². The summed E-state index contributed by atoms with van der Waals surface area (Å²) in [5.41, 5.74) is 3.65. The van der Waals surface area contributed by atoms with Crippen LogP contribution in [0.4, 0.5) is 5.95 Å². The highest BCUT2D eigenvalue weighted by molar-refractivity contribution is 6.30. The quantitative estimate of drug-likeness (QED) is 0.342. The van der Waals surface area contributed by atoms with Crippen molar-refractivity contribution in [1.82, 2.24) is 29.7 Å².